The minimum Gasteiger partial charge on any atom is -0.346 e. The van der Waals surface area contributed by atoms with Gasteiger partial charge < -0.3 is 10.6 Å². The second kappa shape index (κ2) is 7.20. The SMILES string of the molecule is C[C@H](C(=O)Nc1ccc(F)c(F)c1)C12CC(NC(=O)c3ccc(Cl)c(Cl)c3)(C1)[C@@H]2C. The monoisotopic (exact) mass is 452 g/mol. The highest BCUT2D eigenvalue weighted by Crippen LogP contribution is 2.74. The number of benzene rings is 2. The molecule has 0 radical (unpaired) electrons. The van der Waals surface area contributed by atoms with Gasteiger partial charge in [0.25, 0.3) is 5.91 Å². The van der Waals surface area contributed by atoms with Crippen LogP contribution in [0.5, 0.6) is 0 Å². The maximum atomic E-state index is 13.4. The lowest BCUT2D eigenvalue weighted by atomic mass is 9.30. The van der Waals surface area contributed by atoms with Crippen molar-refractivity contribution in [1.82, 2.24) is 5.32 Å². The smallest absolute Gasteiger partial charge is 0.251 e. The molecule has 3 fully saturated rings. The standard InChI is InChI=1S/C22H20Cl2F2N2O2/c1-11(19(29)27-14-4-6-17(25)18(26)8-14)21-9-22(10-21,12(21)2)28-20(30)13-3-5-15(23)16(24)7-13/h3-8,11-12H,9-10H2,1-2H3,(H,27,29)(H,28,30)/t11-,12-,21?,22?/m1/s1. The van der Waals surface area contributed by atoms with Crippen LogP contribution < -0.4 is 10.6 Å². The number of carbonyl (C=O) groups is 2. The van der Waals surface area contributed by atoms with Crippen molar-refractivity contribution in [2.24, 2.45) is 17.3 Å². The number of nitrogens with one attached hydrogen (secondary N) is 2. The van der Waals surface area contributed by atoms with E-state index >= 15 is 0 Å². The van der Waals surface area contributed by atoms with E-state index in [2.05, 4.69) is 10.6 Å². The lowest BCUT2D eigenvalue weighted by Crippen LogP contribution is -2.83. The van der Waals surface area contributed by atoms with E-state index in [9.17, 15) is 18.4 Å². The van der Waals surface area contributed by atoms with E-state index in [0.29, 0.717) is 28.5 Å². The Morgan fingerprint density at radius 2 is 1.77 bits per heavy atom. The molecule has 2 N–H and O–H groups in total. The average Bonchev–Trinajstić information content (AvgIpc) is 2.68. The van der Waals surface area contributed by atoms with Crippen LogP contribution in [0.25, 0.3) is 0 Å². The maximum absolute atomic E-state index is 13.4. The zero-order chi connectivity index (χ0) is 21.8. The Bertz CT molecular complexity index is 1050. The molecule has 0 heterocycles. The van der Waals surface area contributed by atoms with E-state index in [4.69, 9.17) is 23.2 Å². The lowest BCUT2D eigenvalue weighted by molar-refractivity contribution is -0.239. The van der Waals surface area contributed by atoms with E-state index < -0.39 is 11.6 Å². The molecule has 4 nitrogen and oxygen atoms in total. The lowest BCUT2D eigenvalue weighted by Gasteiger charge is -2.77. The Morgan fingerprint density at radius 1 is 1.07 bits per heavy atom. The first-order chi connectivity index (χ1) is 14.1. The molecular formula is C22H20Cl2F2N2O2. The fourth-order valence-electron chi connectivity index (χ4n) is 4.92. The molecule has 2 aromatic carbocycles. The Balaban J connectivity index is 1.40. The van der Waals surface area contributed by atoms with Crippen molar-refractivity contribution < 1.29 is 18.4 Å². The fraction of sp³-hybridized carbons (Fsp3) is 0.364. The third kappa shape index (κ3) is 3.17. The summed E-state index contributed by atoms with van der Waals surface area (Å²) in [5.41, 5.74) is 0.0694. The summed E-state index contributed by atoms with van der Waals surface area (Å²) in [5, 5.41) is 6.44. The van der Waals surface area contributed by atoms with Gasteiger partial charge in [0.15, 0.2) is 11.6 Å². The molecule has 2 atom stereocenters. The van der Waals surface area contributed by atoms with Gasteiger partial charge in [0.05, 0.1) is 10.0 Å². The highest BCUT2D eigenvalue weighted by Gasteiger charge is 2.76. The predicted molar refractivity (Wildman–Crippen MR) is 112 cm³/mol. The van der Waals surface area contributed by atoms with Gasteiger partial charge in [-0.3, -0.25) is 9.59 Å². The van der Waals surface area contributed by atoms with Crippen molar-refractivity contribution in [3.8, 4) is 0 Å². The third-order valence-corrected chi connectivity index (χ3v) is 7.71. The topological polar surface area (TPSA) is 58.2 Å². The molecular weight excluding hydrogens is 433 g/mol. The number of rotatable bonds is 5. The van der Waals surface area contributed by atoms with Crippen LogP contribution in [0.15, 0.2) is 36.4 Å². The molecule has 158 valence electrons. The second-order valence-electron chi connectivity index (χ2n) is 8.39. The number of carbonyl (C=O) groups excluding carboxylic acids is 2. The molecule has 5 rings (SSSR count). The quantitative estimate of drug-likeness (QED) is 0.633. The van der Waals surface area contributed by atoms with Crippen LogP contribution in [-0.2, 0) is 4.79 Å². The number of hydrogen-bond acceptors (Lipinski definition) is 2. The first kappa shape index (κ1) is 21.1. The number of amides is 2. The van der Waals surface area contributed by atoms with E-state index in [0.717, 1.165) is 12.1 Å². The summed E-state index contributed by atoms with van der Waals surface area (Å²) in [7, 11) is 0. The van der Waals surface area contributed by atoms with Crippen LogP contribution in [-0.4, -0.2) is 17.4 Å². The largest absolute Gasteiger partial charge is 0.346 e. The molecule has 2 aromatic rings. The molecule has 3 aliphatic carbocycles. The van der Waals surface area contributed by atoms with E-state index in [1.165, 1.54) is 12.1 Å². The highest BCUT2D eigenvalue weighted by molar-refractivity contribution is 6.42. The molecule has 30 heavy (non-hydrogen) atoms. The number of hydrogen-bond donors (Lipinski definition) is 2. The van der Waals surface area contributed by atoms with Gasteiger partial charge in [-0.15, -0.1) is 0 Å². The van der Waals surface area contributed by atoms with Gasteiger partial charge in [-0.05, 0) is 54.5 Å². The van der Waals surface area contributed by atoms with Crippen LogP contribution >= 0.6 is 23.2 Å². The number of anilines is 1. The molecule has 0 aliphatic heterocycles. The molecule has 0 unspecified atom stereocenters. The fourth-order valence-corrected chi connectivity index (χ4v) is 5.22. The zero-order valence-corrected chi connectivity index (χ0v) is 17.9. The first-order valence-electron chi connectivity index (χ1n) is 9.61. The number of halogens is 4. The van der Waals surface area contributed by atoms with Crippen molar-refractivity contribution in [2.75, 3.05) is 5.32 Å². The summed E-state index contributed by atoms with van der Waals surface area (Å²) in [5.74, 6) is -2.70. The van der Waals surface area contributed by atoms with Crippen molar-refractivity contribution in [2.45, 2.75) is 32.2 Å². The van der Waals surface area contributed by atoms with Crippen LogP contribution in [0.3, 0.4) is 0 Å². The van der Waals surface area contributed by atoms with Crippen LogP contribution in [0, 0.1) is 28.9 Å². The summed E-state index contributed by atoms with van der Waals surface area (Å²) in [6.45, 7) is 3.85. The Hall–Kier alpha value is -2.18. The van der Waals surface area contributed by atoms with Gasteiger partial charge in [0, 0.05) is 28.8 Å². The maximum Gasteiger partial charge on any atom is 0.251 e. The van der Waals surface area contributed by atoms with E-state index in [1.807, 2.05) is 13.8 Å². The molecule has 0 saturated heterocycles. The molecule has 3 aliphatic rings. The second-order valence-corrected chi connectivity index (χ2v) is 9.20. The van der Waals surface area contributed by atoms with Crippen molar-refractivity contribution in [3.05, 3.63) is 63.6 Å². The van der Waals surface area contributed by atoms with Gasteiger partial charge in [-0.2, -0.15) is 0 Å². The average molecular weight is 453 g/mol. The van der Waals surface area contributed by atoms with Gasteiger partial charge in [0.2, 0.25) is 5.91 Å². The Kier molecular flexibility index (Phi) is 5.06. The molecule has 2 amide bonds. The van der Waals surface area contributed by atoms with Gasteiger partial charge in [-0.25, -0.2) is 8.78 Å². The van der Waals surface area contributed by atoms with Gasteiger partial charge >= 0.3 is 0 Å². The molecule has 3 saturated carbocycles. The first-order valence-corrected chi connectivity index (χ1v) is 10.4. The van der Waals surface area contributed by atoms with Crippen LogP contribution in [0.4, 0.5) is 14.5 Å². The normalized spacial score (nSPS) is 27.5. The van der Waals surface area contributed by atoms with E-state index in [-0.39, 0.29) is 40.3 Å². The Morgan fingerprint density at radius 3 is 2.37 bits per heavy atom. The van der Waals surface area contributed by atoms with Crippen LogP contribution in [0.1, 0.15) is 37.0 Å². The van der Waals surface area contributed by atoms with E-state index in [1.54, 1.807) is 12.1 Å². The predicted octanol–water partition coefficient (Wildman–Crippen LogP) is 5.44. The zero-order valence-electron chi connectivity index (χ0n) is 16.4. The molecule has 2 bridgehead atoms. The third-order valence-electron chi connectivity index (χ3n) is 6.97. The van der Waals surface area contributed by atoms with Crippen molar-refractivity contribution >= 4 is 40.7 Å². The summed E-state index contributed by atoms with van der Waals surface area (Å²) < 4.78 is 26.5. The summed E-state index contributed by atoms with van der Waals surface area (Å²) in [6.07, 6.45) is 1.36. The summed E-state index contributed by atoms with van der Waals surface area (Å²) in [6, 6.07) is 8.00. The minimum atomic E-state index is -1.01. The molecule has 0 aromatic heterocycles. The summed E-state index contributed by atoms with van der Waals surface area (Å²) >= 11 is 11.9. The van der Waals surface area contributed by atoms with Crippen molar-refractivity contribution in [3.63, 3.8) is 0 Å². The van der Waals surface area contributed by atoms with Crippen molar-refractivity contribution in [1.29, 1.82) is 0 Å². The van der Waals surface area contributed by atoms with Crippen LogP contribution in [0.2, 0.25) is 10.0 Å². The highest BCUT2D eigenvalue weighted by atomic mass is 35.5. The molecule has 8 heteroatoms. The molecule has 0 spiro atoms. The van der Waals surface area contributed by atoms with Gasteiger partial charge in [0.1, 0.15) is 0 Å². The Labute approximate surface area is 182 Å². The minimum absolute atomic E-state index is 0.0995. The summed E-state index contributed by atoms with van der Waals surface area (Å²) in [4.78, 5) is 25.3. The van der Waals surface area contributed by atoms with Gasteiger partial charge in [-0.1, -0.05) is 37.0 Å².